The largest absolute Gasteiger partial charge is 0.352 e. The lowest BCUT2D eigenvalue weighted by Crippen LogP contribution is -2.45. The average Bonchev–Trinajstić information content (AvgIpc) is 3.14. The second-order valence-electron chi connectivity index (χ2n) is 9.00. The number of nitrogens with one attached hydrogen (secondary N) is 3. The first kappa shape index (κ1) is 24.7. The number of imide groups is 1. The SMILES string of the molecule is CC(C)CNC(=O)c1ccccc1NC(=O)CN1C(=O)NC(c2ccccc2)(c2ccccc2)C1=O. The summed E-state index contributed by atoms with van der Waals surface area (Å²) in [5, 5.41) is 8.33. The van der Waals surface area contributed by atoms with Gasteiger partial charge in [-0.25, -0.2) is 4.79 Å². The Morgan fingerprint density at radius 2 is 1.42 bits per heavy atom. The molecule has 8 heteroatoms. The first-order valence-corrected chi connectivity index (χ1v) is 11.7. The molecule has 4 rings (SSSR count). The van der Waals surface area contributed by atoms with Gasteiger partial charge in [0.25, 0.3) is 11.8 Å². The molecule has 1 aliphatic heterocycles. The topological polar surface area (TPSA) is 108 Å². The highest BCUT2D eigenvalue weighted by atomic mass is 16.2. The molecular weight excluding hydrogens is 456 g/mol. The van der Waals surface area contributed by atoms with Crippen molar-refractivity contribution in [3.63, 3.8) is 0 Å². The van der Waals surface area contributed by atoms with Crippen LogP contribution in [0.1, 0.15) is 35.3 Å². The molecule has 1 saturated heterocycles. The minimum atomic E-state index is -1.45. The molecule has 3 aromatic rings. The number of benzene rings is 3. The summed E-state index contributed by atoms with van der Waals surface area (Å²) in [5.41, 5.74) is 0.322. The van der Waals surface area contributed by atoms with Gasteiger partial charge in [-0.3, -0.25) is 19.3 Å². The van der Waals surface area contributed by atoms with E-state index < -0.39 is 29.9 Å². The molecule has 0 unspecified atom stereocenters. The third-order valence-electron chi connectivity index (χ3n) is 5.94. The van der Waals surface area contributed by atoms with Gasteiger partial charge in [-0.2, -0.15) is 0 Å². The van der Waals surface area contributed by atoms with Gasteiger partial charge in [0.2, 0.25) is 5.91 Å². The number of rotatable bonds is 8. The number of urea groups is 1. The van der Waals surface area contributed by atoms with E-state index >= 15 is 0 Å². The monoisotopic (exact) mass is 484 g/mol. The number of carbonyl (C=O) groups is 4. The molecule has 8 nitrogen and oxygen atoms in total. The molecule has 3 aromatic carbocycles. The molecule has 0 saturated carbocycles. The standard InChI is InChI=1S/C28H28N4O4/c1-19(2)17-29-25(34)22-15-9-10-16-23(22)30-24(33)18-32-26(35)28(31-27(32)36,20-11-5-3-6-12-20)21-13-7-4-8-14-21/h3-16,19H,17-18H2,1-2H3,(H,29,34)(H,30,33)(H,31,36). The highest BCUT2D eigenvalue weighted by Crippen LogP contribution is 2.35. The highest BCUT2D eigenvalue weighted by Gasteiger charge is 2.54. The first-order valence-electron chi connectivity index (χ1n) is 11.7. The van der Waals surface area contributed by atoms with Crippen LogP contribution in [-0.4, -0.2) is 41.7 Å². The molecular formula is C28H28N4O4. The number of amides is 5. The fraction of sp³-hybridized carbons (Fsp3) is 0.214. The van der Waals surface area contributed by atoms with Crippen LogP contribution < -0.4 is 16.0 Å². The number of carbonyl (C=O) groups excluding carboxylic acids is 4. The van der Waals surface area contributed by atoms with Crippen LogP contribution in [0, 0.1) is 5.92 Å². The van der Waals surface area contributed by atoms with Crippen molar-refractivity contribution in [2.45, 2.75) is 19.4 Å². The highest BCUT2D eigenvalue weighted by molar-refractivity contribution is 6.12. The third kappa shape index (κ3) is 4.84. The lowest BCUT2D eigenvalue weighted by molar-refractivity contribution is -0.133. The van der Waals surface area contributed by atoms with Crippen molar-refractivity contribution in [2.75, 3.05) is 18.4 Å². The van der Waals surface area contributed by atoms with Gasteiger partial charge in [0.05, 0.1) is 11.3 Å². The number of para-hydroxylation sites is 1. The summed E-state index contributed by atoms with van der Waals surface area (Å²) in [7, 11) is 0. The molecule has 0 aliphatic carbocycles. The Hall–Kier alpha value is -4.46. The summed E-state index contributed by atoms with van der Waals surface area (Å²) < 4.78 is 0. The van der Waals surface area contributed by atoms with Crippen molar-refractivity contribution in [3.8, 4) is 0 Å². The molecule has 36 heavy (non-hydrogen) atoms. The van der Waals surface area contributed by atoms with Gasteiger partial charge in [0.15, 0.2) is 5.54 Å². The van der Waals surface area contributed by atoms with E-state index in [0.29, 0.717) is 28.9 Å². The maximum atomic E-state index is 13.7. The number of anilines is 1. The summed E-state index contributed by atoms with van der Waals surface area (Å²) >= 11 is 0. The quantitative estimate of drug-likeness (QED) is 0.425. The van der Waals surface area contributed by atoms with Crippen LogP contribution in [0.5, 0.6) is 0 Å². The molecule has 0 bridgehead atoms. The van der Waals surface area contributed by atoms with Crippen molar-refractivity contribution in [2.24, 2.45) is 5.92 Å². The molecule has 0 radical (unpaired) electrons. The predicted molar refractivity (Wildman–Crippen MR) is 136 cm³/mol. The van der Waals surface area contributed by atoms with E-state index in [1.165, 1.54) is 0 Å². The summed E-state index contributed by atoms with van der Waals surface area (Å²) in [6.45, 7) is 3.95. The van der Waals surface area contributed by atoms with Crippen molar-refractivity contribution < 1.29 is 19.2 Å². The number of hydrogen-bond acceptors (Lipinski definition) is 4. The molecule has 1 aliphatic rings. The Kier molecular flexibility index (Phi) is 7.15. The zero-order valence-electron chi connectivity index (χ0n) is 20.2. The van der Waals surface area contributed by atoms with Crippen LogP contribution >= 0.6 is 0 Å². The Bertz CT molecular complexity index is 1240. The normalized spacial score (nSPS) is 14.5. The number of hydrogen-bond donors (Lipinski definition) is 3. The molecule has 0 spiro atoms. The fourth-order valence-corrected chi connectivity index (χ4v) is 4.17. The van der Waals surface area contributed by atoms with Crippen molar-refractivity contribution in [1.82, 2.24) is 15.5 Å². The van der Waals surface area contributed by atoms with E-state index in [-0.39, 0.29) is 11.8 Å². The lowest BCUT2D eigenvalue weighted by atomic mass is 9.82. The minimum absolute atomic E-state index is 0.268. The van der Waals surface area contributed by atoms with E-state index in [4.69, 9.17) is 0 Å². The third-order valence-corrected chi connectivity index (χ3v) is 5.94. The van der Waals surface area contributed by atoms with Gasteiger partial charge in [-0.1, -0.05) is 86.6 Å². The molecule has 0 atom stereocenters. The summed E-state index contributed by atoms with van der Waals surface area (Å²) in [4.78, 5) is 53.2. The van der Waals surface area contributed by atoms with Crippen molar-refractivity contribution >= 4 is 29.4 Å². The molecule has 5 amide bonds. The van der Waals surface area contributed by atoms with Crippen LogP contribution in [0.25, 0.3) is 0 Å². The molecule has 3 N–H and O–H groups in total. The van der Waals surface area contributed by atoms with Crippen LogP contribution in [0.4, 0.5) is 10.5 Å². The van der Waals surface area contributed by atoms with E-state index in [9.17, 15) is 19.2 Å². The minimum Gasteiger partial charge on any atom is -0.352 e. The summed E-state index contributed by atoms with van der Waals surface area (Å²) in [6, 6.07) is 23.8. The van der Waals surface area contributed by atoms with Crippen LogP contribution in [-0.2, 0) is 15.1 Å². The van der Waals surface area contributed by atoms with Gasteiger partial charge in [-0.15, -0.1) is 0 Å². The number of nitrogens with zero attached hydrogens (tertiary/aromatic N) is 1. The van der Waals surface area contributed by atoms with Crippen LogP contribution in [0.15, 0.2) is 84.9 Å². The molecule has 184 valence electrons. The van der Waals surface area contributed by atoms with E-state index in [0.717, 1.165) is 4.90 Å². The lowest BCUT2D eigenvalue weighted by Gasteiger charge is -2.28. The maximum Gasteiger partial charge on any atom is 0.326 e. The molecule has 0 aromatic heterocycles. The van der Waals surface area contributed by atoms with Crippen molar-refractivity contribution in [1.29, 1.82) is 0 Å². The second kappa shape index (κ2) is 10.4. The maximum absolute atomic E-state index is 13.7. The first-order chi connectivity index (χ1) is 17.3. The second-order valence-corrected chi connectivity index (χ2v) is 9.00. The summed E-state index contributed by atoms with van der Waals surface area (Å²) in [5.74, 6) is -1.20. The fourth-order valence-electron chi connectivity index (χ4n) is 4.17. The Morgan fingerprint density at radius 3 is 2.00 bits per heavy atom. The predicted octanol–water partition coefficient (Wildman–Crippen LogP) is 3.51. The van der Waals surface area contributed by atoms with Gasteiger partial charge in [-0.05, 0) is 29.2 Å². The average molecular weight is 485 g/mol. The zero-order valence-corrected chi connectivity index (χ0v) is 20.2. The smallest absolute Gasteiger partial charge is 0.326 e. The van der Waals surface area contributed by atoms with Gasteiger partial charge < -0.3 is 16.0 Å². The van der Waals surface area contributed by atoms with E-state index in [1.54, 1.807) is 72.8 Å². The van der Waals surface area contributed by atoms with Crippen molar-refractivity contribution in [3.05, 3.63) is 102 Å². The van der Waals surface area contributed by atoms with Gasteiger partial charge in [0, 0.05) is 6.54 Å². The Balaban J connectivity index is 1.57. The Labute approximate surface area is 209 Å². The molecule has 1 heterocycles. The zero-order chi connectivity index (χ0) is 25.7. The Morgan fingerprint density at radius 1 is 0.861 bits per heavy atom. The van der Waals surface area contributed by atoms with Gasteiger partial charge >= 0.3 is 6.03 Å². The van der Waals surface area contributed by atoms with E-state index in [2.05, 4.69) is 16.0 Å². The van der Waals surface area contributed by atoms with E-state index in [1.807, 2.05) is 26.0 Å². The summed E-state index contributed by atoms with van der Waals surface area (Å²) in [6.07, 6.45) is 0. The van der Waals surface area contributed by atoms with Crippen LogP contribution in [0.2, 0.25) is 0 Å². The van der Waals surface area contributed by atoms with Gasteiger partial charge in [0.1, 0.15) is 6.54 Å². The molecule has 1 fully saturated rings. The van der Waals surface area contributed by atoms with Crippen LogP contribution in [0.3, 0.4) is 0 Å².